The van der Waals surface area contributed by atoms with Crippen LogP contribution in [0.25, 0.3) is 0 Å². The number of halogens is 1. The van der Waals surface area contributed by atoms with E-state index in [4.69, 9.17) is 9.47 Å². The van der Waals surface area contributed by atoms with Crippen molar-refractivity contribution >= 4 is 15.9 Å². The second-order valence-corrected chi connectivity index (χ2v) is 7.76. The second kappa shape index (κ2) is 7.19. The highest BCUT2D eigenvalue weighted by atomic mass is 79.9. The van der Waals surface area contributed by atoms with Gasteiger partial charge < -0.3 is 19.9 Å². The first-order chi connectivity index (χ1) is 11.0. The summed E-state index contributed by atoms with van der Waals surface area (Å²) in [6.07, 6.45) is 4.00. The summed E-state index contributed by atoms with van der Waals surface area (Å²) in [6, 6.07) is 8.61. The normalized spacial score (nSPS) is 28.1. The molecule has 1 saturated heterocycles. The third-order valence-corrected chi connectivity index (χ3v) is 5.55. The van der Waals surface area contributed by atoms with Crippen LogP contribution >= 0.6 is 15.9 Å². The minimum absolute atomic E-state index is 0.267. The van der Waals surface area contributed by atoms with Gasteiger partial charge in [-0.05, 0) is 50.4 Å². The molecule has 2 unspecified atom stereocenters. The van der Waals surface area contributed by atoms with Gasteiger partial charge in [0.05, 0.1) is 18.8 Å². The first-order valence-electron chi connectivity index (χ1n) is 8.50. The van der Waals surface area contributed by atoms with Gasteiger partial charge in [-0.2, -0.15) is 0 Å². The molecule has 0 radical (unpaired) electrons. The lowest BCUT2D eigenvalue weighted by atomic mass is 9.79. The molecule has 1 saturated carbocycles. The number of hydrogen-bond acceptors (Lipinski definition) is 4. The predicted octanol–water partition coefficient (Wildman–Crippen LogP) is 3.54. The van der Waals surface area contributed by atoms with Gasteiger partial charge in [-0.3, -0.25) is 0 Å². The number of ether oxygens (including phenoxy) is 2. The van der Waals surface area contributed by atoms with E-state index in [0.717, 1.165) is 36.7 Å². The Hall–Kier alpha value is -0.460. The number of rotatable bonds is 5. The molecule has 1 aliphatic carbocycles. The van der Waals surface area contributed by atoms with Crippen LogP contribution in [0.5, 0.6) is 0 Å². The summed E-state index contributed by atoms with van der Waals surface area (Å²) in [6.45, 7) is 4.23. The maximum Gasteiger partial charge on any atom is 0.171 e. The van der Waals surface area contributed by atoms with E-state index >= 15 is 0 Å². The molecule has 2 N–H and O–H groups in total. The van der Waals surface area contributed by atoms with E-state index in [9.17, 15) is 5.11 Å². The van der Waals surface area contributed by atoms with Crippen molar-refractivity contribution in [2.75, 3.05) is 19.8 Å². The molecule has 1 aliphatic heterocycles. The van der Waals surface area contributed by atoms with Crippen LogP contribution in [-0.4, -0.2) is 36.3 Å². The molecular formula is C18H26BrNO3. The van der Waals surface area contributed by atoms with Crippen LogP contribution in [0, 0.1) is 0 Å². The van der Waals surface area contributed by atoms with Crippen LogP contribution in [0.15, 0.2) is 28.7 Å². The van der Waals surface area contributed by atoms with Crippen LogP contribution in [0.4, 0.5) is 0 Å². The van der Waals surface area contributed by atoms with Crippen molar-refractivity contribution < 1.29 is 14.6 Å². The summed E-state index contributed by atoms with van der Waals surface area (Å²) in [5.41, 5.74) is 0.567. The molecule has 128 valence electrons. The monoisotopic (exact) mass is 383 g/mol. The Balaban J connectivity index is 1.50. The van der Waals surface area contributed by atoms with Crippen LogP contribution in [0.2, 0.25) is 0 Å². The predicted molar refractivity (Wildman–Crippen MR) is 93.2 cm³/mol. The van der Waals surface area contributed by atoms with E-state index in [-0.39, 0.29) is 6.04 Å². The lowest BCUT2D eigenvalue weighted by Gasteiger charge is -2.42. The average Bonchev–Trinajstić information content (AvgIpc) is 2.95. The van der Waals surface area contributed by atoms with Gasteiger partial charge in [0.2, 0.25) is 0 Å². The second-order valence-electron chi connectivity index (χ2n) is 6.84. The van der Waals surface area contributed by atoms with Gasteiger partial charge in [0.25, 0.3) is 0 Å². The molecule has 23 heavy (non-hydrogen) atoms. The molecule has 1 spiro atoms. The molecule has 1 heterocycles. The molecule has 2 fully saturated rings. The molecule has 4 nitrogen and oxygen atoms in total. The molecule has 2 atom stereocenters. The Morgan fingerprint density at radius 1 is 1.22 bits per heavy atom. The first kappa shape index (κ1) is 17.4. The summed E-state index contributed by atoms with van der Waals surface area (Å²) in [5, 5.41) is 14.4. The van der Waals surface area contributed by atoms with E-state index in [1.807, 2.05) is 0 Å². The highest BCUT2D eigenvalue weighted by molar-refractivity contribution is 9.10. The molecule has 0 amide bonds. The zero-order chi connectivity index (χ0) is 16.3. The number of benzene rings is 1. The Kier molecular flexibility index (Phi) is 5.43. The van der Waals surface area contributed by atoms with Crippen molar-refractivity contribution in [2.24, 2.45) is 0 Å². The minimum Gasteiger partial charge on any atom is -0.390 e. The van der Waals surface area contributed by atoms with Crippen LogP contribution in [-0.2, 0) is 9.47 Å². The lowest BCUT2D eigenvalue weighted by molar-refractivity contribution is -0.218. The third kappa shape index (κ3) is 4.34. The van der Waals surface area contributed by atoms with Gasteiger partial charge in [-0.1, -0.05) is 28.1 Å². The first-order valence-corrected chi connectivity index (χ1v) is 9.29. The van der Waals surface area contributed by atoms with Gasteiger partial charge in [-0.25, -0.2) is 0 Å². The van der Waals surface area contributed by atoms with Crippen molar-refractivity contribution in [3.63, 3.8) is 0 Å². The molecule has 5 heteroatoms. The Bertz CT molecular complexity index is 516. The third-order valence-electron chi connectivity index (χ3n) is 5.02. The zero-order valence-corrected chi connectivity index (χ0v) is 15.3. The Morgan fingerprint density at radius 2 is 1.91 bits per heavy atom. The summed E-state index contributed by atoms with van der Waals surface area (Å²) in [5.74, 6) is -0.523. The van der Waals surface area contributed by atoms with Gasteiger partial charge in [0.15, 0.2) is 5.79 Å². The standard InChI is InChI=1S/C18H26BrNO3/c1-14(15-3-5-16(19)6-4-15)20-10-9-17(21)7-2-8-18(13-17)22-11-12-23-18/h3-6,14,20-21H,2,7-13H2,1H3. The van der Waals surface area contributed by atoms with E-state index in [1.165, 1.54) is 5.56 Å². The zero-order valence-electron chi connectivity index (χ0n) is 13.7. The number of hydrogen-bond donors (Lipinski definition) is 2. The van der Waals surface area contributed by atoms with E-state index in [1.54, 1.807) is 0 Å². The highest BCUT2D eigenvalue weighted by Crippen LogP contribution is 2.42. The maximum atomic E-state index is 10.9. The molecule has 0 aromatic heterocycles. The molecule has 0 bridgehead atoms. The summed E-state index contributed by atoms with van der Waals surface area (Å²) in [4.78, 5) is 0. The van der Waals surface area contributed by atoms with Gasteiger partial charge in [0.1, 0.15) is 0 Å². The SMILES string of the molecule is CC(NCCC1(O)CCCC2(C1)OCCO2)c1ccc(Br)cc1. The smallest absolute Gasteiger partial charge is 0.171 e. The summed E-state index contributed by atoms with van der Waals surface area (Å²) < 4.78 is 12.6. The van der Waals surface area contributed by atoms with Crippen molar-refractivity contribution in [3.05, 3.63) is 34.3 Å². The highest BCUT2D eigenvalue weighted by Gasteiger charge is 2.47. The van der Waals surface area contributed by atoms with E-state index < -0.39 is 11.4 Å². The minimum atomic E-state index is -0.685. The quantitative estimate of drug-likeness (QED) is 0.816. The fourth-order valence-electron chi connectivity index (χ4n) is 3.71. The van der Waals surface area contributed by atoms with Gasteiger partial charge >= 0.3 is 0 Å². The summed E-state index contributed by atoms with van der Waals surface area (Å²) in [7, 11) is 0. The van der Waals surface area contributed by atoms with Crippen molar-refractivity contribution in [1.82, 2.24) is 5.32 Å². The number of nitrogens with one attached hydrogen (secondary N) is 1. The molecule has 3 rings (SSSR count). The molecule has 1 aromatic carbocycles. The maximum absolute atomic E-state index is 10.9. The average molecular weight is 384 g/mol. The van der Waals surface area contributed by atoms with E-state index in [2.05, 4.69) is 52.4 Å². The van der Waals surface area contributed by atoms with Crippen molar-refractivity contribution in [1.29, 1.82) is 0 Å². The fourth-order valence-corrected chi connectivity index (χ4v) is 3.98. The Morgan fingerprint density at radius 3 is 2.61 bits per heavy atom. The number of aliphatic hydroxyl groups is 1. The van der Waals surface area contributed by atoms with Crippen LogP contribution < -0.4 is 5.32 Å². The Labute approximate surface area is 146 Å². The fraction of sp³-hybridized carbons (Fsp3) is 0.667. The van der Waals surface area contributed by atoms with Crippen LogP contribution in [0.3, 0.4) is 0 Å². The van der Waals surface area contributed by atoms with E-state index in [0.29, 0.717) is 19.6 Å². The molecule has 1 aromatic rings. The van der Waals surface area contributed by atoms with Gasteiger partial charge in [0, 0.05) is 23.4 Å². The van der Waals surface area contributed by atoms with Crippen molar-refractivity contribution in [3.8, 4) is 0 Å². The van der Waals surface area contributed by atoms with Gasteiger partial charge in [-0.15, -0.1) is 0 Å². The molecule has 2 aliphatic rings. The van der Waals surface area contributed by atoms with Crippen LogP contribution in [0.1, 0.15) is 50.6 Å². The summed E-state index contributed by atoms with van der Waals surface area (Å²) >= 11 is 3.46. The topological polar surface area (TPSA) is 50.7 Å². The lowest BCUT2D eigenvalue weighted by Crippen LogP contribution is -2.47. The molecular weight excluding hydrogens is 358 g/mol. The van der Waals surface area contributed by atoms with Crippen molar-refractivity contribution in [2.45, 2.75) is 56.5 Å². The largest absolute Gasteiger partial charge is 0.390 e.